The second-order valence-electron chi connectivity index (χ2n) is 4.89. The SMILES string of the molecule is CCCCCCCCn1c(N)nc2cc(Cl)cnc21. The first kappa shape index (κ1) is 14.1. The number of nitrogens with two attached hydrogens (primary N) is 1. The van der Waals surface area contributed by atoms with E-state index in [4.69, 9.17) is 17.3 Å². The van der Waals surface area contributed by atoms with E-state index in [2.05, 4.69) is 16.9 Å². The number of rotatable bonds is 7. The molecule has 0 aliphatic heterocycles. The van der Waals surface area contributed by atoms with Crippen molar-refractivity contribution < 1.29 is 0 Å². The lowest BCUT2D eigenvalue weighted by molar-refractivity contribution is 0.565. The molecule has 19 heavy (non-hydrogen) atoms. The van der Waals surface area contributed by atoms with E-state index in [1.807, 2.05) is 4.57 Å². The molecule has 0 amide bonds. The number of unbranched alkanes of at least 4 members (excludes halogenated alkanes) is 5. The minimum Gasteiger partial charge on any atom is -0.369 e. The number of aromatic nitrogens is 3. The molecule has 2 aromatic rings. The fourth-order valence-electron chi connectivity index (χ4n) is 2.27. The molecular weight excluding hydrogens is 260 g/mol. The first-order valence-electron chi connectivity index (χ1n) is 6.99. The minimum atomic E-state index is 0.526. The van der Waals surface area contributed by atoms with Crippen LogP contribution >= 0.6 is 11.6 Å². The normalized spacial score (nSPS) is 11.3. The number of pyridine rings is 1. The number of fused-ring (bicyclic) bond motifs is 1. The largest absolute Gasteiger partial charge is 0.369 e. The highest BCUT2D eigenvalue weighted by Crippen LogP contribution is 2.20. The van der Waals surface area contributed by atoms with Crippen molar-refractivity contribution in [2.45, 2.75) is 52.0 Å². The summed E-state index contributed by atoms with van der Waals surface area (Å²) in [7, 11) is 0. The smallest absolute Gasteiger partial charge is 0.202 e. The third-order valence-electron chi connectivity index (χ3n) is 3.32. The Labute approximate surface area is 119 Å². The highest BCUT2D eigenvalue weighted by Gasteiger charge is 2.09. The summed E-state index contributed by atoms with van der Waals surface area (Å²) in [5.41, 5.74) is 7.54. The zero-order valence-electron chi connectivity index (χ0n) is 11.4. The second-order valence-corrected chi connectivity index (χ2v) is 5.32. The molecule has 0 atom stereocenters. The molecule has 5 heteroatoms. The zero-order valence-corrected chi connectivity index (χ0v) is 12.2. The van der Waals surface area contributed by atoms with Crippen LogP contribution in [0.25, 0.3) is 11.2 Å². The molecule has 2 aromatic heterocycles. The van der Waals surface area contributed by atoms with Gasteiger partial charge in [-0.15, -0.1) is 0 Å². The van der Waals surface area contributed by atoms with Gasteiger partial charge in [-0.05, 0) is 12.5 Å². The third kappa shape index (κ3) is 3.60. The monoisotopic (exact) mass is 280 g/mol. The Kier molecular flexibility index (Phi) is 5.02. The quantitative estimate of drug-likeness (QED) is 0.779. The summed E-state index contributed by atoms with van der Waals surface area (Å²) in [4.78, 5) is 8.61. The van der Waals surface area contributed by atoms with Crippen LogP contribution in [0.5, 0.6) is 0 Å². The van der Waals surface area contributed by atoms with Gasteiger partial charge in [-0.3, -0.25) is 4.57 Å². The van der Waals surface area contributed by atoms with Crippen molar-refractivity contribution in [3.8, 4) is 0 Å². The molecule has 2 rings (SSSR count). The summed E-state index contributed by atoms with van der Waals surface area (Å²) >= 11 is 5.90. The van der Waals surface area contributed by atoms with E-state index in [0.29, 0.717) is 11.0 Å². The molecule has 4 nitrogen and oxygen atoms in total. The van der Waals surface area contributed by atoms with Crippen molar-refractivity contribution in [1.82, 2.24) is 14.5 Å². The van der Waals surface area contributed by atoms with E-state index < -0.39 is 0 Å². The highest BCUT2D eigenvalue weighted by atomic mass is 35.5. The van der Waals surface area contributed by atoms with Gasteiger partial charge in [0.15, 0.2) is 5.65 Å². The van der Waals surface area contributed by atoms with Gasteiger partial charge in [0.2, 0.25) is 5.95 Å². The van der Waals surface area contributed by atoms with Crippen LogP contribution in [0.15, 0.2) is 12.3 Å². The molecule has 0 saturated heterocycles. The number of nitrogens with zero attached hydrogens (tertiary/aromatic N) is 3. The zero-order chi connectivity index (χ0) is 13.7. The summed E-state index contributed by atoms with van der Waals surface area (Å²) < 4.78 is 1.98. The van der Waals surface area contributed by atoms with Crippen molar-refractivity contribution in [3.63, 3.8) is 0 Å². The molecule has 0 saturated carbocycles. The standard InChI is InChI=1S/C14H21ClN4/c1-2-3-4-5-6-7-8-19-13-12(18-14(19)16)9-11(15)10-17-13/h9-10H,2-8H2,1H3,(H2,16,18). The molecule has 0 fully saturated rings. The van der Waals surface area contributed by atoms with Crippen LogP contribution in [-0.4, -0.2) is 14.5 Å². The van der Waals surface area contributed by atoms with E-state index in [0.717, 1.165) is 24.1 Å². The predicted molar refractivity (Wildman–Crippen MR) is 80.3 cm³/mol. The van der Waals surface area contributed by atoms with Crippen LogP contribution in [0.1, 0.15) is 45.4 Å². The van der Waals surface area contributed by atoms with Crippen molar-refractivity contribution in [2.75, 3.05) is 5.73 Å². The third-order valence-corrected chi connectivity index (χ3v) is 3.52. The fourth-order valence-corrected chi connectivity index (χ4v) is 2.43. The molecule has 0 bridgehead atoms. The fraction of sp³-hybridized carbons (Fsp3) is 0.571. The lowest BCUT2D eigenvalue weighted by Gasteiger charge is -2.05. The lowest BCUT2D eigenvalue weighted by atomic mass is 10.1. The van der Waals surface area contributed by atoms with E-state index in [9.17, 15) is 0 Å². The number of hydrogen-bond donors (Lipinski definition) is 1. The van der Waals surface area contributed by atoms with Gasteiger partial charge in [0.1, 0.15) is 5.52 Å². The Hall–Kier alpha value is -1.29. The van der Waals surface area contributed by atoms with Crippen LogP contribution in [0.3, 0.4) is 0 Å². The van der Waals surface area contributed by atoms with Gasteiger partial charge in [0, 0.05) is 12.7 Å². The molecule has 0 aromatic carbocycles. The summed E-state index contributed by atoms with van der Waals surface area (Å²) in [5, 5.41) is 0.594. The number of aryl methyl sites for hydroxylation is 1. The number of anilines is 1. The summed E-state index contributed by atoms with van der Waals surface area (Å²) in [5.74, 6) is 0.526. The van der Waals surface area contributed by atoms with Crippen molar-refractivity contribution >= 4 is 28.7 Å². The van der Waals surface area contributed by atoms with Crippen molar-refractivity contribution in [2.24, 2.45) is 0 Å². The molecule has 2 heterocycles. The lowest BCUT2D eigenvalue weighted by Crippen LogP contribution is -2.04. The van der Waals surface area contributed by atoms with Gasteiger partial charge >= 0.3 is 0 Å². The van der Waals surface area contributed by atoms with Gasteiger partial charge in [-0.1, -0.05) is 50.6 Å². The van der Waals surface area contributed by atoms with Crippen molar-refractivity contribution in [3.05, 3.63) is 17.3 Å². The van der Waals surface area contributed by atoms with Gasteiger partial charge in [0.05, 0.1) is 5.02 Å². The van der Waals surface area contributed by atoms with E-state index in [1.54, 1.807) is 12.3 Å². The maximum absolute atomic E-state index is 5.93. The number of hydrogen-bond acceptors (Lipinski definition) is 3. The molecule has 0 spiro atoms. The summed E-state index contributed by atoms with van der Waals surface area (Å²) in [6.45, 7) is 3.11. The summed E-state index contributed by atoms with van der Waals surface area (Å²) in [6.07, 6.45) is 9.21. The Morgan fingerprint density at radius 2 is 1.95 bits per heavy atom. The molecule has 0 aliphatic rings. The number of halogens is 1. The van der Waals surface area contributed by atoms with Crippen LogP contribution in [0.2, 0.25) is 5.02 Å². The van der Waals surface area contributed by atoms with Crippen LogP contribution in [0.4, 0.5) is 5.95 Å². The average molecular weight is 281 g/mol. The van der Waals surface area contributed by atoms with Crippen LogP contribution < -0.4 is 5.73 Å². The molecular formula is C14H21ClN4. The predicted octanol–water partition coefficient (Wildman–Crippen LogP) is 4.03. The molecule has 0 aliphatic carbocycles. The maximum atomic E-state index is 5.93. The second kappa shape index (κ2) is 6.75. The molecule has 104 valence electrons. The Morgan fingerprint density at radius 1 is 1.21 bits per heavy atom. The van der Waals surface area contributed by atoms with Crippen molar-refractivity contribution in [1.29, 1.82) is 0 Å². The minimum absolute atomic E-state index is 0.526. The Morgan fingerprint density at radius 3 is 2.74 bits per heavy atom. The van der Waals surface area contributed by atoms with Gasteiger partial charge < -0.3 is 5.73 Å². The Balaban J connectivity index is 1.95. The number of nitrogen functional groups attached to an aromatic ring is 1. The van der Waals surface area contributed by atoms with E-state index in [-0.39, 0.29) is 0 Å². The molecule has 2 N–H and O–H groups in total. The van der Waals surface area contributed by atoms with Gasteiger partial charge in [-0.2, -0.15) is 0 Å². The van der Waals surface area contributed by atoms with E-state index in [1.165, 1.54) is 32.1 Å². The molecule has 0 radical (unpaired) electrons. The van der Waals surface area contributed by atoms with Gasteiger partial charge in [0.25, 0.3) is 0 Å². The first-order chi connectivity index (χ1) is 9.22. The van der Waals surface area contributed by atoms with Gasteiger partial charge in [-0.25, -0.2) is 9.97 Å². The Bertz CT molecular complexity index is 535. The van der Waals surface area contributed by atoms with E-state index >= 15 is 0 Å². The summed E-state index contributed by atoms with van der Waals surface area (Å²) in [6, 6.07) is 1.80. The van der Waals surface area contributed by atoms with Crippen LogP contribution in [0, 0.1) is 0 Å². The highest BCUT2D eigenvalue weighted by molar-refractivity contribution is 6.31. The first-order valence-corrected chi connectivity index (χ1v) is 7.37. The number of imidazole rings is 1. The molecule has 0 unspecified atom stereocenters. The maximum Gasteiger partial charge on any atom is 0.202 e. The topological polar surface area (TPSA) is 56.7 Å². The van der Waals surface area contributed by atoms with Crippen LogP contribution in [-0.2, 0) is 6.54 Å². The average Bonchev–Trinajstić information content (AvgIpc) is 2.69.